The van der Waals surface area contributed by atoms with E-state index in [4.69, 9.17) is 0 Å². The summed E-state index contributed by atoms with van der Waals surface area (Å²) in [5.41, 5.74) is -0.579. The van der Waals surface area contributed by atoms with Crippen LogP contribution in [0.3, 0.4) is 0 Å². The second-order valence-corrected chi connectivity index (χ2v) is 6.13. The lowest BCUT2D eigenvalue weighted by atomic mass is 9.92. The van der Waals surface area contributed by atoms with Gasteiger partial charge in [0.2, 0.25) is 0 Å². The van der Waals surface area contributed by atoms with Crippen molar-refractivity contribution in [1.29, 1.82) is 0 Å². The molecule has 25 heavy (non-hydrogen) atoms. The number of pyridine rings is 1. The van der Waals surface area contributed by atoms with Crippen LogP contribution in [0.15, 0.2) is 23.0 Å². The smallest absolute Gasteiger partial charge is 0.297 e. The fraction of sp³-hybridized carbons (Fsp3) is 0.333. The number of benzene rings is 1. The maximum atomic E-state index is 13.6. The molecule has 0 aliphatic heterocycles. The van der Waals surface area contributed by atoms with E-state index < -0.39 is 34.3 Å². The third kappa shape index (κ3) is 3.14. The molecule has 0 bridgehead atoms. The van der Waals surface area contributed by atoms with E-state index in [1.807, 2.05) is 0 Å². The molecule has 7 heteroatoms. The van der Waals surface area contributed by atoms with Gasteiger partial charge in [-0.25, -0.2) is 8.78 Å². The lowest BCUT2D eigenvalue weighted by Crippen LogP contribution is -2.30. The molecule has 0 saturated carbocycles. The molecule has 0 amide bonds. The number of aryl methyl sites for hydroxylation is 1. The number of rotatable bonds is 4. The van der Waals surface area contributed by atoms with Gasteiger partial charge in [-0.1, -0.05) is 6.07 Å². The fourth-order valence-corrected chi connectivity index (χ4v) is 3.21. The van der Waals surface area contributed by atoms with E-state index in [9.17, 15) is 28.7 Å². The molecular formula is C18H17F2NO4. The van der Waals surface area contributed by atoms with Crippen LogP contribution in [0.5, 0.6) is 5.75 Å². The first-order chi connectivity index (χ1) is 11.9. The molecule has 5 nitrogen and oxygen atoms in total. The van der Waals surface area contributed by atoms with Crippen LogP contribution in [0.25, 0.3) is 0 Å². The van der Waals surface area contributed by atoms with Crippen molar-refractivity contribution in [3.05, 3.63) is 62.6 Å². The van der Waals surface area contributed by atoms with Crippen molar-refractivity contribution in [2.24, 2.45) is 0 Å². The van der Waals surface area contributed by atoms with E-state index in [2.05, 4.69) is 0 Å². The topological polar surface area (TPSA) is 79.5 Å². The summed E-state index contributed by atoms with van der Waals surface area (Å²) < 4.78 is 27.0. The van der Waals surface area contributed by atoms with Crippen LogP contribution in [0.4, 0.5) is 8.78 Å². The molecule has 0 saturated heterocycles. The zero-order valence-corrected chi connectivity index (χ0v) is 13.4. The summed E-state index contributed by atoms with van der Waals surface area (Å²) in [5, 5.41) is 20.3. The molecule has 0 spiro atoms. The summed E-state index contributed by atoms with van der Waals surface area (Å²) >= 11 is 0. The van der Waals surface area contributed by atoms with E-state index >= 15 is 0 Å². The molecule has 2 aromatic rings. The van der Waals surface area contributed by atoms with Crippen LogP contribution >= 0.6 is 0 Å². The van der Waals surface area contributed by atoms with Crippen molar-refractivity contribution >= 4 is 5.78 Å². The summed E-state index contributed by atoms with van der Waals surface area (Å²) in [7, 11) is 0. The highest BCUT2D eigenvalue weighted by Crippen LogP contribution is 2.30. The highest BCUT2D eigenvalue weighted by atomic mass is 19.1. The van der Waals surface area contributed by atoms with Crippen molar-refractivity contribution in [3.63, 3.8) is 0 Å². The summed E-state index contributed by atoms with van der Waals surface area (Å²) in [5.74, 6) is -2.58. The first-order valence-corrected chi connectivity index (χ1v) is 8.06. The normalized spacial score (nSPS) is 13.5. The Morgan fingerprint density at radius 2 is 1.92 bits per heavy atom. The summed E-state index contributed by atoms with van der Waals surface area (Å²) in [6.45, 7) is 0. The number of halogens is 2. The second kappa shape index (κ2) is 6.66. The number of aromatic hydroxyl groups is 1. The Kier molecular flexibility index (Phi) is 4.57. The molecule has 3 rings (SSSR count). The predicted molar refractivity (Wildman–Crippen MR) is 85.2 cm³/mol. The van der Waals surface area contributed by atoms with Crippen molar-refractivity contribution < 1.29 is 23.9 Å². The number of aromatic nitrogens is 1. The van der Waals surface area contributed by atoms with Gasteiger partial charge >= 0.3 is 0 Å². The van der Waals surface area contributed by atoms with E-state index in [-0.39, 0.29) is 18.4 Å². The van der Waals surface area contributed by atoms with Crippen LogP contribution < -0.4 is 5.56 Å². The Hall–Kier alpha value is -2.70. The van der Waals surface area contributed by atoms with Gasteiger partial charge in [0.1, 0.15) is 22.9 Å². The molecule has 0 fully saturated rings. The molecule has 132 valence electrons. The van der Waals surface area contributed by atoms with Crippen molar-refractivity contribution in [3.8, 4) is 5.75 Å². The van der Waals surface area contributed by atoms with Gasteiger partial charge < -0.3 is 10.3 Å². The number of hydrogen-bond donors (Lipinski definition) is 2. The lowest BCUT2D eigenvalue weighted by Gasteiger charge is -2.20. The standard InChI is InChI=1S/C18H17F2NO4/c19-11-7-5-10(13(20)9-11)6-8-15(22)16-17(23)12-3-1-2-4-14(12)21(25)18(16)24/h5,7,9,23,25H,1-4,6,8H2. The van der Waals surface area contributed by atoms with Crippen molar-refractivity contribution in [1.82, 2.24) is 4.73 Å². The van der Waals surface area contributed by atoms with Crippen molar-refractivity contribution in [2.45, 2.75) is 38.5 Å². The first-order valence-electron chi connectivity index (χ1n) is 8.06. The molecule has 1 aliphatic carbocycles. The largest absolute Gasteiger partial charge is 0.507 e. The minimum absolute atomic E-state index is 0.0493. The summed E-state index contributed by atoms with van der Waals surface area (Å²) in [6.07, 6.45) is 2.19. The van der Waals surface area contributed by atoms with Gasteiger partial charge in [-0.15, -0.1) is 0 Å². The zero-order valence-electron chi connectivity index (χ0n) is 13.4. The Balaban J connectivity index is 1.90. The minimum atomic E-state index is -0.970. The highest BCUT2D eigenvalue weighted by molar-refractivity contribution is 5.98. The number of nitrogens with zero attached hydrogens (tertiary/aromatic N) is 1. The second-order valence-electron chi connectivity index (χ2n) is 6.13. The third-order valence-electron chi connectivity index (χ3n) is 4.54. The predicted octanol–water partition coefficient (Wildman–Crippen LogP) is 2.76. The van der Waals surface area contributed by atoms with Crippen LogP contribution in [-0.2, 0) is 19.3 Å². The monoisotopic (exact) mass is 349 g/mol. The number of hydrogen-bond acceptors (Lipinski definition) is 4. The van der Waals surface area contributed by atoms with E-state index in [0.717, 1.165) is 25.0 Å². The molecular weight excluding hydrogens is 332 g/mol. The maximum absolute atomic E-state index is 13.6. The number of ketones is 1. The average Bonchev–Trinajstić information content (AvgIpc) is 2.59. The minimum Gasteiger partial charge on any atom is -0.507 e. The van der Waals surface area contributed by atoms with Gasteiger partial charge in [0.05, 0.1) is 5.69 Å². The fourth-order valence-electron chi connectivity index (χ4n) is 3.21. The molecule has 0 unspecified atom stereocenters. The molecule has 1 heterocycles. The van der Waals surface area contributed by atoms with Gasteiger partial charge in [-0.3, -0.25) is 9.59 Å². The number of carbonyl (C=O) groups excluding carboxylic acids is 1. The zero-order chi connectivity index (χ0) is 18.1. The van der Waals surface area contributed by atoms with E-state index in [1.54, 1.807) is 0 Å². The van der Waals surface area contributed by atoms with Gasteiger partial charge in [-0.2, -0.15) is 4.73 Å². The maximum Gasteiger partial charge on any atom is 0.297 e. The molecule has 2 N–H and O–H groups in total. The lowest BCUT2D eigenvalue weighted by molar-refractivity contribution is 0.0967. The molecule has 1 aromatic heterocycles. The van der Waals surface area contributed by atoms with Gasteiger partial charge in [0, 0.05) is 18.1 Å². The Labute approximate surface area is 142 Å². The number of carbonyl (C=O) groups is 1. The average molecular weight is 349 g/mol. The van der Waals surface area contributed by atoms with Crippen LogP contribution in [-0.4, -0.2) is 20.8 Å². The Morgan fingerprint density at radius 3 is 2.64 bits per heavy atom. The van der Waals surface area contributed by atoms with Crippen LogP contribution in [0.2, 0.25) is 0 Å². The summed E-state index contributed by atoms with van der Waals surface area (Å²) in [6, 6.07) is 3.03. The third-order valence-corrected chi connectivity index (χ3v) is 4.54. The number of fused-ring (bicyclic) bond motifs is 1. The first kappa shape index (κ1) is 17.1. The van der Waals surface area contributed by atoms with Gasteiger partial charge in [0.25, 0.3) is 5.56 Å². The van der Waals surface area contributed by atoms with Gasteiger partial charge in [-0.05, 0) is 43.7 Å². The summed E-state index contributed by atoms with van der Waals surface area (Å²) in [4.78, 5) is 24.6. The molecule has 0 radical (unpaired) electrons. The Morgan fingerprint density at radius 1 is 1.20 bits per heavy atom. The van der Waals surface area contributed by atoms with Gasteiger partial charge in [0.15, 0.2) is 5.78 Å². The SMILES string of the molecule is O=C(CCc1ccc(F)cc1F)c1c(O)c2c(n(O)c1=O)CCCC2. The molecule has 0 atom stereocenters. The molecule has 1 aliphatic rings. The van der Waals surface area contributed by atoms with E-state index in [0.29, 0.717) is 28.8 Å². The van der Waals surface area contributed by atoms with E-state index in [1.165, 1.54) is 6.07 Å². The van der Waals surface area contributed by atoms with Crippen LogP contribution in [0, 0.1) is 11.6 Å². The van der Waals surface area contributed by atoms with Crippen LogP contribution in [0.1, 0.15) is 46.4 Å². The Bertz CT molecular complexity index is 905. The molecule has 1 aromatic carbocycles. The quantitative estimate of drug-likeness (QED) is 0.657. The van der Waals surface area contributed by atoms with Crippen molar-refractivity contribution in [2.75, 3.05) is 0 Å². The number of Topliss-reactive ketones (excluding diaryl/α,β-unsaturated/α-hetero) is 1. The highest BCUT2D eigenvalue weighted by Gasteiger charge is 2.27.